The Morgan fingerprint density at radius 3 is 2.67 bits per heavy atom. The quantitative estimate of drug-likeness (QED) is 0.257. The molecule has 1 atom stereocenters. The smallest absolute Gasteiger partial charge is 0.318 e. The number of benzene rings is 2. The van der Waals surface area contributed by atoms with Crippen molar-refractivity contribution in [1.29, 1.82) is 5.26 Å². The lowest BCUT2D eigenvalue weighted by Crippen LogP contribution is -2.55. The molecule has 1 saturated heterocycles. The minimum Gasteiger partial charge on any atom is -0.462 e. The lowest BCUT2D eigenvalue weighted by atomic mass is 9.91. The van der Waals surface area contributed by atoms with E-state index in [0.717, 1.165) is 64.6 Å². The second-order valence-corrected chi connectivity index (χ2v) is 12.6. The van der Waals surface area contributed by atoms with E-state index in [4.69, 9.17) is 31.0 Å². The van der Waals surface area contributed by atoms with Gasteiger partial charge >= 0.3 is 6.01 Å². The summed E-state index contributed by atoms with van der Waals surface area (Å²) in [5.74, 6) is 0.682. The van der Waals surface area contributed by atoms with Crippen molar-refractivity contribution in [1.82, 2.24) is 19.8 Å². The predicted molar refractivity (Wildman–Crippen MR) is 180 cm³/mol. The summed E-state index contributed by atoms with van der Waals surface area (Å²) in [7, 11) is 1.74. The number of carbonyl (C=O) groups is 1. The number of rotatable bonds is 12. The van der Waals surface area contributed by atoms with Crippen molar-refractivity contribution in [3.8, 4) is 12.1 Å². The Kier molecular flexibility index (Phi) is 10.2. The minimum atomic E-state index is -0.256. The molecular weight excluding hydrogens is 602 g/mol. The van der Waals surface area contributed by atoms with E-state index in [1.54, 1.807) is 12.0 Å². The van der Waals surface area contributed by atoms with Gasteiger partial charge in [-0.25, -0.2) is 0 Å². The molecule has 1 unspecified atom stereocenters. The number of piperazine rings is 1. The second-order valence-electron chi connectivity index (χ2n) is 12.2. The van der Waals surface area contributed by atoms with Crippen molar-refractivity contribution < 1.29 is 14.3 Å². The number of hydrogen-bond acceptors (Lipinski definition) is 9. The van der Waals surface area contributed by atoms with Crippen molar-refractivity contribution in [3.63, 3.8) is 0 Å². The molecule has 46 heavy (non-hydrogen) atoms. The number of nitrogens with zero attached hydrogens (tertiary/aromatic N) is 7. The molecular formula is C35H42ClN7O3. The third-order valence-electron chi connectivity index (χ3n) is 9.55. The summed E-state index contributed by atoms with van der Waals surface area (Å²) in [6, 6.07) is 15.2. The molecule has 1 amide bonds. The van der Waals surface area contributed by atoms with Crippen LogP contribution in [0.3, 0.4) is 0 Å². The van der Waals surface area contributed by atoms with Crippen LogP contribution in [0.5, 0.6) is 6.01 Å². The molecule has 1 aromatic heterocycles. The van der Waals surface area contributed by atoms with Crippen LogP contribution in [0, 0.1) is 11.3 Å². The number of hydrogen-bond donors (Lipinski definition) is 0. The number of fused-ring (bicyclic) bond motifs is 2. The highest BCUT2D eigenvalue weighted by molar-refractivity contribution is 6.36. The minimum absolute atomic E-state index is 0.150. The fourth-order valence-electron chi connectivity index (χ4n) is 6.89. The van der Waals surface area contributed by atoms with Crippen molar-refractivity contribution >= 4 is 39.8 Å². The van der Waals surface area contributed by atoms with E-state index in [9.17, 15) is 10.1 Å². The Morgan fingerprint density at radius 1 is 1.13 bits per heavy atom. The number of nitriles is 1. The summed E-state index contributed by atoms with van der Waals surface area (Å²) >= 11 is 6.72. The number of anilines is 2. The Morgan fingerprint density at radius 2 is 1.93 bits per heavy atom. The SMILES string of the molecule is C=CC(=O)N1CCN(c2nc(OCCN(CCOC)C3CCC3)nc3c2CCN(c2cccc4cccc(Cl)c24)C3)CC1CC#N. The lowest BCUT2D eigenvalue weighted by molar-refractivity contribution is -0.128. The van der Waals surface area contributed by atoms with Crippen LogP contribution in [-0.4, -0.2) is 97.4 Å². The third kappa shape index (κ3) is 6.77. The Balaban J connectivity index is 1.29. The molecule has 1 saturated carbocycles. The Bertz CT molecular complexity index is 1600. The molecule has 1 aliphatic carbocycles. The van der Waals surface area contributed by atoms with Gasteiger partial charge in [0.2, 0.25) is 5.91 Å². The Hall–Kier alpha value is -3.91. The molecule has 0 bridgehead atoms. The van der Waals surface area contributed by atoms with Crippen LogP contribution in [0.4, 0.5) is 11.5 Å². The van der Waals surface area contributed by atoms with Crippen molar-refractivity contribution in [2.45, 2.75) is 50.7 Å². The first-order valence-electron chi connectivity index (χ1n) is 16.2. The van der Waals surface area contributed by atoms with E-state index in [-0.39, 0.29) is 18.4 Å². The number of aromatic nitrogens is 2. The van der Waals surface area contributed by atoms with E-state index in [1.807, 2.05) is 12.1 Å². The van der Waals surface area contributed by atoms with E-state index in [2.05, 4.69) is 51.6 Å². The zero-order valence-corrected chi connectivity index (χ0v) is 27.3. The van der Waals surface area contributed by atoms with Gasteiger partial charge in [-0.15, -0.1) is 0 Å². The van der Waals surface area contributed by atoms with E-state index in [0.29, 0.717) is 51.4 Å². The molecule has 2 aliphatic heterocycles. The first kappa shape index (κ1) is 32.0. The van der Waals surface area contributed by atoms with Gasteiger partial charge in [0.1, 0.15) is 12.4 Å². The molecule has 2 fully saturated rings. The maximum Gasteiger partial charge on any atom is 0.318 e. The van der Waals surface area contributed by atoms with Gasteiger partial charge in [0, 0.05) is 69.1 Å². The van der Waals surface area contributed by atoms with Crippen molar-refractivity contribution in [2.75, 3.05) is 69.4 Å². The summed E-state index contributed by atoms with van der Waals surface area (Å²) in [4.78, 5) is 31.3. The molecule has 0 radical (unpaired) electrons. The molecule has 11 heteroatoms. The number of halogens is 1. The van der Waals surface area contributed by atoms with Gasteiger partial charge in [-0.1, -0.05) is 48.9 Å². The van der Waals surface area contributed by atoms with Gasteiger partial charge in [-0.05, 0) is 42.9 Å². The van der Waals surface area contributed by atoms with E-state index < -0.39 is 0 Å². The fourth-order valence-corrected chi connectivity index (χ4v) is 7.17. The van der Waals surface area contributed by atoms with Crippen LogP contribution in [-0.2, 0) is 22.5 Å². The fraction of sp³-hybridized carbons (Fsp3) is 0.486. The molecule has 3 aliphatic rings. The van der Waals surface area contributed by atoms with Gasteiger partial charge in [0.25, 0.3) is 0 Å². The number of methoxy groups -OCH3 is 1. The average molecular weight is 644 g/mol. The summed E-state index contributed by atoms with van der Waals surface area (Å²) in [6.45, 7) is 9.43. The van der Waals surface area contributed by atoms with Crippen molar-refractivity contribution in [2.24, 2.45) is 0 Å². The molecule has 3 heterocycles. The molecule has 242 valence electrons. The standard InChI is InChI=1S/C35H42ClN7O3/c1-3-32(44)43-18-17-42(23-27(43)13-15-37)34-28-14-16-41(31-12-5-8-25-7-4-11-29(36)33(25)31)24-30(28)38-35(39-34)46-22-20-40(19-21-45-2)26-9-6-10-26/h3-5,7-8,11-12,26-27H,1,6,9-10,13-14,16-24H2,2H3. The summed E-state index contributed by atoms with van der Waals surface area (Å²) in [5.41, 5.74) is 3.09. The van der Waals surface area contributed by atoms with Crippen LogP contribution >= 0.6 is 11.6 Å². The van der Waals surface area contributed by atoms with E-state index in [1.165, 1.54) is 25.3 Å². The zero-order valence-electron chi connectivity index (χ0n) is 26.5. The lowest BCUT2D eigenvalue weighted by Gasteiger charge is -2.42. The monoisotopic (exact) mass is 643 g/mol. The van der Waals surface area contributed by atoms with Gasteiger partial charge < -0.3 is 24.2 Å². The summed E-state index contributed by atoms with van der Waals surface area (Å²) < 4.78 is 11.7. The first-order chi connectivity index (χ1) is 22.5. The molecule has 3 aromatic rings. The summed E-state index contributed by atoms with van der Waals surface area (Å²) in [5, 5.41) is 12.4. The van der Waals surface area contributed by atoms with Crippen LogP contribution in [0.1, 0.15) is 36.9 Å². The average Bonchev–Trinajstić information content (AvgIpc) is 3.05. The molecule has 10 nitrogen and oxygen atoms in total. The van der Waals surface area contributed by atoms with Crippen LogP contribution in [0.15, 0.2) is 49.1 Å². The maximum absolute atomic E-state index is 12.6. The number of amides is 1. The second kappa shape index (κ2) is 14.7. The van der Waals surface area contributed by atoms with Crippen LogP contribution in [0.2, 0.25) is 5.02 Å². The first-order valence-corrected chi connectivity index (χ1v) is 16.6. The topological polar surface area (TPSA) is 98.1 Å². The number of ether oxygens (including phenoxy) is 2. The van der Waals surface area contributed by atoms with Gasteiger partial charge in [0.05, 0.1) is 42.4 Å². The third-order valence-corrected chi connectivity index (χ3v) is 9.86. The maximum atomic E-state index is 12.6. The largest absolute Gasteiger partial charge is 0.462 e. The molecule has 0 spiro atoms. The Labute approximate surface area is 276 Å². The summed E-state index contributed by atoms with van der Waals surface area (Å²) in [6.07, 6.45) is 5.99. The van der Waals surface area contributed by atoms with Gasteiger partial charge in [-0.2, -0.15) is 15.2 Å². The normalized spacial score (nSPS) is 18.3. The van der Waals surface area contributed by atoms with E-state index >= 15 is 0 Å². The van der Waals surface area contributed by atoms with Crippen molar-refractivity contribution in [3.05, 3.63) is 65.3 Å². The van der Waals surface area contributed by atoms with Gasteiger partial charge in [0.15, 0.2) is 0 Å². The van der Waals surface area contributed by atoms with Crippen LogP contribution in [0.25, 0.3) is 10.8 Å². The highest BCUT2D eigenvalue weighted by Crippen LogP contribution is 2.37. The van der Waals surface area contributed by atoms with Gasteiger partial charge in [-0.3, -0.25) is 9.69 Å². The molecule has 2 aromatic carbocycles. The zero-order chi connectivity index (χ0) is 32.0. The molecule has 6 rings (SSSR count). The molecule has 0 N–H and O–H groups in total. The predicted octanol–water partition coefficient (Wildman–Crippen LogP) is 4.84. The van der Waals surface area contributed by atoms with Crippen LogP contribution < -0.4 is 14.5 Å². The highest BCUT2D eigenvalue weighted by atomic mass is 35.5. The highest BCUT2D eigenvalue weighted by Gasteiger charge is 2.33. The number of carbonyl (C=O) groups excluding carboxylic acids is 1.